The molecule has 12 nitrogen and oxygen atoms in total. The van der Waals surface area contributed by atoms with E-state index in [1.165, 1.54) is 18.5 Å². The van der Waals surface area contributed by atoms with E-state index >= 15 is 0 Å². The third-order valence-electron chi connectivity index (χ3n) is 5.70. The first kappa shape index (κ1) is 28.1. The van der Waals surface area contributed by atoms with Gasteiger partial charge in [0.25, 0.3) is 5.91 Å². The van der Waals surface area contributed by atoms with Gasteiger partial charge in [-0.2, -0.15) is 5.26 Å². The van der Waals surface area contributed by atoms with E-state index in [2.05, 4.69) is 37.3 Å². The first-order valence-corrected chi connectivity index (χ1v) is 12.0. The van der Waals surface area contributed by atoms with Crippen LogP contribution in [0.4, 0.5) is 5.69 Å². The molecule has 1 aliphatic rings. The average molecular weight is 522 g/mol. The molecule has 2 heterocycles. The highest BCUT2D eigenvalue weighted by molar-refractivity contribution is 5.99. The molecule has 1 aromatic heterocycles. The van der Waals surface area contributed by atoms with Gasteiger partial charge >= 0.3 is 5.97 Å². The molecule has 1 aromatic carbocycles. The van der Waals surface area contributed by atoms with Crippen LogP contribution in [0.1, 0.15) is 60.3 Å². The first-order valence-electron chi connectivity index (χ1n) is 12.0. The molecule has 0 fully saturated rings. The zero-order valence-corrected chi connectivity index (χ0v) is 21.4. The van der Waals surface area contributed by atoms with Crippen LogP contribution < -0.4 is 21.3 Å². The van der Waals surface area contributed by atoms with E-state index < -0.39 is 42.9 Å². The highest BCUT2D eigenvalue weighted by Crippen LogP contribution is 2.28. The lowest BCUT2D eigenvalue weighted by atomic mass is 9.84. The van der Waals surface area contributed by atoms with Crippen LogP contribution in [0, 0.1) is 11.3 Å². The number of aliphatic carboxylic acids is 1. The first-order chi connectivity index (χ1) is 17.9. The molecule has 0 spiro atoms. The predicted octanol–water partition coefficient (Wildman–Crippen LogP) is 1.04. The summed E-state index contributed by atoms with van der Waals surface area (Å²) < 4.78 is 0. The summed E-state index contributed by atoms with van der Waals surface area (Å²) in [5.41, 5.74) is 2.06. The molecule has 1 unspecified atom stereocenters. The molecule has 200 valence electrons. The number of hydrogen-bond acceptors (Lipinski definition) is 9. The fourth-order valence-electron chi connectivity index (χ4n) is 3.67. The van der Waals surface area contributed by atoms with E-state index in [4.69, 9.17) is 0 Å². The van der Waals surface area contributed by atoms with Crippen molar-refractivity contribution in [2.45, 2.75) is 44.8 Å². The fourth-order valence-corrected chi connectivity index (χ4v) is 3.67. The molecule has 0 aliphatic carbocycles. The number of aliphatic imine (C=N–C) groups is 1. The van der Waals surface area contributed by atoms with E-state index in [0.717, 1.165) is 5.56 Å². The molecule has 38 heavy (non-hydrogen) atoms. The number of rotatable bonds is 8. The smallest absolute Gasteiger partial charge is 0.305 e. The lowest BCUT2D eigenvalue weighted by molar-refractivity contribution is -0.137. The van der Waals surface area contributed by atoms with Crippen LogP contribution in [0.15, 0.2) is 41.7 Å². The maximum atomic E-state index is 12.7. The SMILES string of the molecule is CC(C)(C)c1cc(C#N)cc([C@H](CC(=O)O)NC(=O)CNC(=O)c2cncc(NC3=NCC(O)CN3)c2)c1. The van der Waals surface area contributed by atoms with Crippen molar-refractivity contribution in [1.29, 1.82) is 5.26 Å². The number of anilines is 1. The van der Waals surface area contributed by atoms with E-state index in [1.54, 1.807) is 18.2 Å². The molecule has 0 saturated carbocycles. The topological polar surface area (TPSA) is 189 Å². The minimum Gasteiger partial charge on any atom is -0.481 e. The summed E-state index contributed by atoms with van der Waals surface area (Å²) in [6.07, 6.45) is 1.88. The van der Waals surface area contributed by atoms with Gasteiger partial charge in [0.1, 0.15) is 0 Å². The zero-order chi connectivity index (χ0) is 27.9. The predicted molar refractivity (Wildman–Crippen MR) is 139 cm³/mol. The Labute approximate surface area is 220 Å². The third-order valence-corrected chi connectivity index (χ3v) is 5.70. The summed E-state index contributed by atoms with van der Waals surface area (Å²) in [7, 11) is 0. The normalized spacial score (nSPS) is 15.8. The summed E-state index contributed by atoms with van der Waals surface area (Å²) in [5, 5.41) is 39.4. The number of β-amino-alcohol motifs (C(OH)–C–C–N with tert-alkyl or cyclic N) is 1. The molecule has 2 atom stereocenters. The Bertz CT molecular complexity index is 1280. The van der Waals surface area contributed by atoms with Crippen LogP contribution >= 0.6 is 0 Å². The number of carbonyl (C=O) groups excluding carboxylic acids is 2. The minimum atomic E-state index is -1.12. The van der Waals surface area contributed by atoms with Crippen molar-refractivity contribution in [2.75, 3.05) is 25.0 Å². The Morgan fingerprint density at radius 1 is 1.21 bits per heavy atom. The quantitative estimate of drug-likeness (QED) is 0.295. The Morgan fingerprint density at radius 3 is 2.61 bits per heavy atom. The van der Waals surface area contributed by atoms with Crippen molar-refractivity contribution in [1.82, 2.24) is 20.9 Å². The number of nitrogens with zero attached hydrogens (tertiary/aromatic N) is 3. The summed E-state index contributed by atoms with van der Waals surface area (Å²) in [6.45, 7) is 6.10. The third kappa shape index (κ3) is 8.01. The van der Waals surface area contributed by atoms with Gasteiger partial charge < -0.3 is 31.5 Å². The summed E-state index contributed by atoms with van der Waals surface area (Å²) in [4.78, 5) is 45.0. The largest absolute Gasteiger partial charge is 0.481 e. The monoisotopic (exact) mass is 521 g/mol. The van der Waals surface area contributed by atoms with Crippen LogP contribution in [0.5, 0.6) is 0 Å². The maximum absolute atomic E-state index is 12.7. The molecule has 6 N–H and O–H groups in total. The molecule has 0 saturated heterocycles. The lowest BCUT2D eigenvalue weighted by Crippen LogP contribution is -2.42. The molecule has 0 radical (unpaired) electrons. The minimum absolute atomic E-state index is 0.192. The number of hydrogen-bond donors (Lipinski definition) is 6. The van der Waals surface area contributed by atoms with Crippen molar-refractivity contribution in [3.63, 3.8) is 0 Å². The van der Waals surface area contributed by atoms with E-state index in [9.17, 15) is 29.9 Å². The number of pyridine rings is 1. The van der Waals surface area contributed by atoms with E-state index in [0.29, 0.717) is 29.3 Å². The number of carbonyl (C=O) groups is 3. The van der Waals surface area contributed by atoms with Gasteiger partial charge in [0.2, 0.25) is 5.91 Å². The Morgan fingerprint density at radius 2 is 1.97 bits per heavy atom. The van der Waals surface area contributed by atoms with Crippen molar-refractivity contribution < 1.29 is 24.6 Å². The number of nitriles is 1. The van der Waals surface area contributed by atoms with E-state index in [-0.39, 0.29) is 17.5 Å². The molecule has 0 bridgehead atoms. The van der Waals surface area contributed by atoms with Gasteiger partial charge in [-0.3, -0.25) is 24.4 Å². The second-order valence-electron chi connectivity index (χ2n) is 9.92. The molecular formula is C26H31N7O5. The van der Waals surface area contributed by atoms with Gasteiger partial charge in [-0.1, -0.05) is 26.8 Å². The fraction of sp³-hybridized carbons (Fsp3) is 0.385. The van der Waals surface area contributed by atoms with Crippen LogP contribution in [0.3, 0.4) is 0 Å². The highest BCUT2D eigenvalue weighted by atomic mass is 16.4. The molecular weight excluding hydrogens is 490 g/mol. The molecule has 2 amide bonds. The number of carboxylic acid groups (broad SMARTS) is 1. The van der Waals surface area contributed by atoms with Crippen LogP contribution in [-0.2, 0) is 15.0 Å². The summed E-state index contributed by atoms with van der Waals surface area (Å²) in [5.74, 6) is -1.83. The Balaban J connectivity index is 1.66. The second-order valence-corrected chi connectivity index (χ2v) is 9.92. The summed E-state index contributed by atoms with van der Waals surface area (Å²) >= 11 is 0. The van der Waals surface area contributed by atoms with Gasteiger partial charge in [0.15, 0.2) is 5.96 Å². The number of nitrogens with one attached hydrogen (secondary N) is 4. The number of aromatic nitrogens is 1. The van der Waals surface area contributed by atoms with Gasteiger partial charge in [-0.25, -0.2) is 0 Å². The van der Waals surface area contributed by atoms with Crippen molar-refractivity contribution in [2.24, 2.45) is 4.99 Å². The highest BCUT2D eigenvalue weighted by Gasteiger charge is 2.23. The van der Waals surface area contributed by atoms with Crippen molar-refractivity contribution in [3.8, 4) is 6.07 Å². The number of amides is 2. The van der Waals surface area contributed by atoms with Crippen LogP contribution in [0.2, 0.25) is 0 Å². The van der Waals surface area contributed by atoms with Crippen molar-refractivity contribution in [3.05, 3.63) is 58.9 Å². The number of benzene rings is 1. The van der Waals surface area contributed by atoms with Gasteiger partial charge in [-0.05, 0) is 34.7 Å². The summed E-state index contributed by atoms with van der Waals surface area (Å²) in [6, 6.07) is 7.78. The molecule has 3 rings (SSSR count). The number of guanidine groups is 1. The standard InChI is InChI=1S/C26H31N7O5/c1-26(2,3)18-5-15(9-27)4-16(6-18)21(8-23(36)37)33-22(35)14-29-24(38)17-7-19(11-28-10-17)32-25-30-12-20(34)13-31-25/h4-7,10-11,20-21,34H,8,12-14H2,1-3H3,(H,29,38)(H,33,35)(H,36,37)(H2,30,31,32)/t21-/m0/s1. The van der Waals surface area contributed by atoms with Crippen LogP contribution in [-0.4, -0.2) is 64.7 Å². The molecule has 2 aromatic rings. The maximum Gasteiger partial charge on any atom is 0.305 e. The van der Waals surface area contributed by atoms with Gasteiger partial charge in [-0.15, -0.1) is 0 Å². The molecule has 1 aliphatic heterocycles. The van der Waals surface area contributed by atoms with E-state index in [1.807, 2.05) is 20.8 Å². The number of aliphatic hydroxyl groups excluding tert-OH is 1. The second kappa shape index (κ2) is 12.2. The van der Waals surface area contributed by atoms with Crippen LogP contribution in [0.25, 0.3) is 0 Å². The van der Waals surface area contributed by atoms with Gasteiger partial charge in [0.05, 0.1) is 60.7 Å². The zero-order valence-electron chi connectivity index (χ0n) is 21.4. The van der Waals surface area contributed by atoms with Crippen molar-refractivity contribution >= 4 is 29.4 Å². The Hall–Kier alpha value is -4.50. The number of aliphatic hydroxyl groups is 1. The Kier molecular flexibility index (Phi) is 8.98. The van der Waals surface area contributed by atoms with Gasteiger partial charge in [0, 0.05) is 12.7 Å². The number of carboxylic acids is 1. The molecule has 12 heteroatoms. The average Bonchev–Trinajstić information content (AvgIpc) is 2.87. The lowest BCUT2D eigenvalue weighted by Gasteiger charge is -2.23.